The molecular weight excluding hydrogens is 360 g/mol. The van der Waals surface area contributed by atoms with E-state index in [0.29, 0.717) is 18.1 Å². The maximum absolute atomic E-state index is 8.58. The van der Waals surface area contributed by atoms with E-state index < -0.39 is 0 Å². The topological polar surface area (TPSA) is 45.9 Å². The van der Waals surface area contributed by atoms with E-state index in [4.69, 9.17) is 10.00 Å². The van der Waals surface area contributed by atoms with Gasteiger partial charge in [0.05, 0.1) is 17.0 Å². The first-order valence-electron chi connectivity index (χ1n) is 5.14. The Balaban J connectivity index is 2.16. The van der Waals surface area contributed by atoms with Crippen LogP contribution in [0.5, 0.6) is 11.6 Å². The second kappa shape index (κ2) is 5.98. The summed E-state index contributed by atoms with van der Waals surface area (Å²) in [5, 5.41) is 8.58. The van der Waals surface area contributed by atoms with Crippen LogP contribution in [0.15, 0.2) is 45.5 Å². The third kappa shape index (κ3) is 3.31. The van der Waals surface area contributed by atoms with Crippen LogP contribution in [0.25, 0.3) is 0 Å². The summed E-state index contributed by atoms with van der Waals surface area (Å²) in [4.78, 5) is 4.16. The Morgan fingerprint density at radius 1 is 1.22 bits per heavy atom. The summed E-state index contributed by atoms with van der Waals surface area (Å²) in [5.41, 5.74) is 0.965. The van der Waals surface area contributed by atoms with Crippen molar-refractivity contribution in [3.05, 3.63) is 51.0 Å². The molecule has 0 radical (unpaired) electrons. The lowest BCUT2D eigenvalue weighted by Gasteiger charge is -2.07. The number of pyridine rings is 1. The van der Waals surface area contributed by atoms with Crippen LogP contribution in [0, 0.1) is 11.3 Å². The van der Waals surface area contributed by atoms with Gasteiger partial charge in [-0.1, -0.05) is 12.1 Å². The van der Waals surface area contributed by atoms with Gasteiger partial charge in [0.15, 0.2) is 0 Å². The number of rotatable bonds is 3. The zero-order valence-corrected chi connectivity index (χ0v) is 12.4. The first-order chi connectivity index (χ1) is 8.69. The van der Waals surface area contributed by atoms with Gasteiger partial charge in [-0.05, 0) is 55.6 Å². The average Bonchev–Trinajstić information content (AvgIpc) is 2.35. The fraction of sp³-hybridized carbons (Fsp3) is 0.0769. The number of hydrogen-bond donors (Lipinski definition) is 0. The number of benzene rings is 1. The average molecular weight is 368 g/mol. The van der Waals surface area contributed by atoms with Gasteiger partial charge in [-0.3, -0.25) is 0 Å². The summed E-state index contributed by atoms with van der Waals surface area (Å²) in [6.07, 6.45) is 2.07. The van der Waals surface area contributed by atoms with Crippen molar-refractivity contribution in [2.45, 2.75) is 6.42 Å². The molecular formula is C13H8Br2N2O. The Kier molecular flexibility index (Phi) is 4.34. The van der Waals surface area contributed by atoms with Gasteiger partial charge in [0.1, 0.15) is 5.75 Å². The van der Waals surface area contributed by atoms with Crippen molar-refractivity contribution < 1.29 is 4.74 Å². The van der Waals surface area contributed by atoms with Crippen LogP contribution in [-0.4, -0.2) is 4.98 Å². The first-order valence-corrected chi connectivity index (χ1v) is 6.72. The summed E-state index contributed by atoms with van der Waals surface area (Å²) >= 11 is 6.71. The molecule has 0 atom stereocenters. The van der Waals surface area contributed by atoms with E-state index >= 15 is 0 Å². The van der Waals surface area contributed by atoms with Crippen molar-refractivity contribution in [2.75, 3.05) is 0 Å². The highest BCUT2D eigenvalue weighted by molar-refractivity contribution is 9.11. The van der Waals surface area contributed by atoms with E-state index in [0.717, 1.165) is 14.5 Å². The van der Waals surface area contributed by atoms with E-state index in [-0.39, 0.29) is 0 Å². The van der Waals surface area contributed by atoms with E-state index in [9.17, 15) is 0 Å². The number of hydrogen-bond acceptors (Lipinski definition) is 3. The van der Waals surface area contributed by atoms with Crippen LogP contribution >= 0.6 is 31.9 Å². The van der Waals surface area contributed by atoms with Crippen LogP contribution in [0.1, 0.15) is 5.56 Å². The molecule has 0 saturated carbocycles. The van der Waals surface area contributed by atoms with Gasteiger partial charge >= 0.3 is 0 Å². The zero-order valence-electron chi connectivity index (χ0n) is 9.23. The molecule has 0 bridgehead atoms. The van der Waals surface area contributed by atoms with Crippen LogP contribution < -0.4 is 4.74 Å². The predicted octanol–water partition coefficient (Wildman–Crippen LogP) is 4.46. The fourth-order valence-corrected chi connectivity index (χ4v) is 2.42. The molecule has 0 N–H and O–H groups in total. The Morgan fingerprint density at radius 2 is 1.94 bits per heavy atom. The summed E-state index contributed by atoms with van der Waals surface area (Å²) in [6, 6.07) is 11.3. The smallest absolute Gasteiger partial charge is 0.233 e. The van der Waals surface area contributed by atoms with Gasteiger partial charge < -0.3 is 4.74 Å². The highest BCUT2D eigenvalue weighted by Crippen LogP contribution is 2.29. The van der Waals surface area contributed by atoms with E-state index in [1.165, 1.54) is 0 Å². The minimum absolute atomic E-state index is 0.403. The molecule has 0 amide bonds. The molecule has 1 aromatic carbocycles. The summed E-state index contributed by atoms with van der Waals surface area (Å²) in [7, 11) is 0. The molecule has 90 valence electrons. The third-order valence-corrected chi connectivity index (χ3v) is 3.20. The molecule has 0 aliphatic rings. The van der Waals surface area contributed by atoms with Gasteiger partial charge in [0.2, 0.25) is 5.88 Å². The van der Waals surface area contributed by atoms with Gasteiger partial charge in [0, 0.05) is 10.7 Å². The minimum Gasteiger partial charge on any atom is -0.438 e. The minimum atomic E-state index is 0.403. The Morgan fingerprint density at radius 3 is 2.56 bits per heavy atom. The molecule has 1 aromatic heterocycles. The number of aromatic nitrogens is 1. The molecule has 0 unspecified atom stereocenters. The van der Waals surface area contributed by atoms with Crippen molar-refractivity contribution in [2.24, 2.45) is 0 Å². The largest absolute Gasteiger partial charge is 0.438 e. The van der Waals surface area contributed by atoms with E-state index in [1.54, 1.807) is 6.20 Å². The molecule has 0 aliphatic heterocycles. The molecule has 0 fully saturated rings. The second-order valence-corrected chi connectivity index (χ2v) is 5.29. The van der Waals surface area contributed by atoms with Gasteiger partial charge in [0.25, 0.3) is 0 Å². The van der Waals surface area contributed by atoms with Crippen molar-refractivity contribution in [3.63, 3.8) is 0 Å². The van der Waals surface area contributed by atoms with Crippen LogP contribution in [0.3, 0.4) is 0 Å². The van der Waals surface area contributed by atoms with Crippen LogP contribution in [-0.2, 0) is 6.42 Å². The van der Waals surface area contributed by atoms with Gasteiger partial charge in [-0.25, -0.2) is 4.98 Å². The van der Waals surface area contributed by atoms with Gasteiger partial charge in [-0.2, -0.15) is 5.26 Å². The standard InChI is InChI=1S/C13H8Br2N2O/c14-10-7-12(15)13(17-8-10)18-11-3-1-9(2-4-11)5-6-16/h1-4,7-8H,5H2. The lowest BCUT2D eigenvalue weighted by atomic mass is 10.2. The molecule has 1 heterocycles. The maximum Gasteiger partial charge on any atom is 0.233 e. The fourth-order valence-electron chi connectivity index (χ4n) is 1.36. The number of ether oxygens (including phenoxy) is 1. The second-order valence-electron chi connectivity index (χ2n) is 3.52. The summed E-state index contributed by atoms with van der Waals surface area (Å²) < 4.78 is 7.29. The van der Waals surface area contributed by atoms with E-state index in [1.807, 2.05) is 30.3 Å². The Bertz CT molecular complexity index is 591. The lowest BCUT2D eigenvalue weighted by molar-refractivity contribution is 0.459. The number of nitrogens with zero attached hydrogens (tertiary/aromatic N) is 2. The Labute approximate surface area is 122 Å². The first kappa shape index (κ1) is 13.1. The molecule has 0 spiro atoms. The van der Waals surface area contributed by atoms with Crippen LogP contribution in [0.4, 0.5) is 0 Å². The quantitative estimate of drug-likeness (QED) is 0.804. The summed E-state index contributed by atoms with van der Waals surface area (Å²) in [5.74, 6) is 1.19. The lowest BCUT2D eigenvalue weighted by Crippen LogP contribution is -1.89. The van der Waals surface area contributed by atoms with Crippen molar-refractivity contribution in [1.82, 2.24) is 4.98 Å². The molecule has 18 heavy (non-hydrogen) atoms. The summed E-state index contributed by atoms with van der Waals surface area (Å²) in [6.45, 7) is 0. The highest BCUT2D eigenvalue weighted by atomic mass is 79.9. The molecule has 3 nitrogen and oxygen atoms in total. The van der Waals surface area contributed by atoms with Crippen molar-refractivity contribution >= 4 is 31.9 Å². The third-order valence-electron chi connectivity index (χ3n) is 2.20. The van der Waals surface area contributed by atoms with Crippen LogP contribution in [0.2, 0.25) is 0 Å². The molecule has 2 rings (SSSR count). The Hall–Kier alpha value is -1.38. The highest BCUT2D eigenvalue weighted by Gasteiger charge is 2.05. The predicted molar refractivity (Wildman–Crippen MR) is 75.5 cm³/mol. The van der Waals surface area contributed by atoms with Crippen molar-refractivity contribution in [1.29, 1.82) is 5.26 Å². The molecule has 0 aliphatic carbocycles. The van der Waals surface area contributed by atoms with Crippen molar-refractivity contribution in [3.8, 4) is 17.7 Å². The van der Waals surface area contributed by atoms with E-state index in [2.05, 4.69) is 42.9 Å². The SMILES string of the molecule is N#CCc1ccc(Oc2ncc(Br)cc2Br)cc1. The molecule has 0 saturated heterocycles. The van der Waals surface area contributed by atoms with Gasteiger partial charge in [-0.15, -0.1) is 0 Å². The number of nitriles is 1. The number of halogens is 2. The monoisotopic (exact) mass is 366 g/mol. The molecule has 2 aromatic rings. The maximum atomic E-state index is 8.58. The zero-order chi connectivity index (χ0) is 13.0. The normalized spacial score (nSPS) is 9.83. The molecule has 5 heteroatoms.